The second-order valence-corrected chi connectivity index (χ2v) is 4.76. The highest BCUT2D eigenvalue weighted by Crippen LogP contribution is 2.23. The molecule has 0 aliphatic rings. The number of nitriles is 1. The predicted molar refractivity (Wildman–Crippen MR) is 74.3 cm³/mol. The number of hydrogen-bond donors (Lipinski definition) is 1. The van der Waals surface area contributed by atoms with Crippen molar-refractivity contribution in [2.24, 2.45) is 7.05 Å². The van der Waals surface area contributed by atoms with Crippen molar-refractivity contribution in [1.29, 1.82) is 5.26 Å². The first-order valence-corrected chi connectivity index (χ1v) is 6.40. The van der Waals surface area contributed by atoms with E-state index in [1.165, 1.54) is 0 Å². The highest BCUT2D eigenvalue weighted by atomic mass is 79.9. The molecule has 5 heteroatoms. The van der Waals surface area contributed by atoms with Crippen LogP contribution in [-0.4, -0.2) is 16.1 Å². The van der Waals surface area contributed by atoms with Gasteiger partial charge >= 0.3 is 0 Å². The molecular weight excluding hydrogens is 292 g/mol. The number of benzene rings is 1. The van der Waals surface area contributed by atoms with Crippen molar-refractivity contribution < 1.29 is 0 Å². The van der Waals surface area contributed by atoms with E-state index >= 15 is 0 Å². The van der Waals surface area contributed by atoms with Crippen molar-refractivity contribution in [3.8, 4) is 6.07 Å². The van der Waals surface area contributed by atoms with E-state index in [2.05, 4.69) is 32.3 Å². The van der Waals surface area contributed by atoms with Gasteiger partial charge in [-0.25, -0.2) is 4.98 Å². The van der Waals surface area contributed by atoms with E-state index in [4.69, 9.17) is 5.26 Å². The van der Waals surface area contributed by atoms with Gasteiger partial charge in [-0.05, 0) is 28.1 Å². The number of nitrogens with one attached hydrogen (secondary N) is 1. The minimum Gasteiger partial charge on any atom is -0.383 e. The van der Waals surface area contributed by atoms with Crippen LogP contribution in [0.5, 0.6) is 0 Å². The van der Waals surface area contributed by atoms with Crippen LogP contribution in [0.25, 0.3) is 0 Å². The Balaban J connectivity index is 2.01. The molecule has 92 valence electrons. The monoisotopic (exact) mass is 304 g/mol. The molecule has 0 saturated heterocycles. The maximum Gasteiger partial charge on any atom is 0.110 e. The lowest BCUT2D eigenvalue weighted by atomic mass is 10.2. The van der Waals surface area contributed by atoms with E-state index in [9.17, 15) is 0 Å². The zero-order valence-corrected chi connectivity index (χ0v) is 11.6. The topological polar surface area (TPSA) is 53.6 Å². The molecule has 2 aromatic rings. The van der Waals surface area contributed by atoms with Crippen molar-refractivity contribution in [3.63, 3.8) is 0 Å². The van der Waals surface area contributed by atoms with Crippen LogP contribution in [-0.2, 0) is 13.5 Å². The summed E-state index contributed by atoms with van der Waals surface area (Å²) in [6, 6.07) is 7.87. The van der Waals surface area contributed by atoms with Gasteiger partial charge in [0.15, 0.2) is 0 Å². The Morgan fingerprint density at radius 1 is 1.50 bits per heavy atom. The van der Waals surface area contributed by atoms with Gasteiger partial charge in [-0.15, -0.1) is 0 Å². The van der Waals surface area contributed by atoms with Crippen LogP contribution >= 0.6 is 15.9 Å². The summed E-state index contributed by atoms with van der Waals surface area (Å²) in [5.74, 6) is 1.02. The van der Waals surface area contributed by atoms with Crippen LogP contribution < -0.4 is 5.32 Å². The minimum atomic E-state index is 0.636. The zero-order chi connectivity index (χ0) is 13.0. The standard InChI is InChI=1S/C13H13BrN4/c1-18-8-7-17-13(18)5-6-16-12-4-2-3-11(14)10(12)9-15/h2-4,7-8,16H,5-6H2,1H3. The lowest BCUT2D eigenvalue weighted by Crippen LogP contribution is -2.09. The third kappa shape index (κ3) is 2.71. The first kappa shape index (κ1) is 12.7. The van der Waals surface area contributed by atoms with E-state index in [0.717, 1.165) is 29.0 Å². The van der Waals surface area contributed by atoms with Gasteiger partial charge in [-0.2, -0.15) is 5.26 Å². The maximum atomic E-state index is 9.09. The Bertz CT molecular complexity index is 583. The number of halogens is 1. The molecule has 0 fully saturated rings. The summed E-state index contributed by atoms with van der Waals surface area (Å²) < 4.78 is 2.81. The maximum absolute atomic E-state index is 9.09. The highest BCUT2D eigenvalue weighted by molar-refractivity contribution is 9.10. The molecule has 0 spiro atoms. The van der Waals surface area contributed by atoms with Crippen LogP contribution in [0.15, 0.2) is 35.1 Å². The van der Waals surface area contributed by atoms with E-state index in [1.807, 2.05) is 36.0 Å². The van der Waals surface area contributed by atoms with Gasteiger partial charge in [0.05, 0.1) is 11.3 Å². The van der Waals surface area contributed by atoms with Gasteiger partial charge < -0.3 is 9.88 Å². The third-order valence-corrected chi connectivity index (χ3v) is 3.37. The van der Waals surface area contributed by atoms with Crippen LogP contribution in [0.1, 0.15) is 11.4 Å². The van der Waals surface area contributed by atoms with Crippen molar-refractivity contribution in [2.75, 3.05) is 11.9 Å². The lowest BCUT2D eigenvalue weighted by molar-refractivity contribution is 0.789. The Kier molecular flexibility index (Phi) is 4.00. The summed E-state index contributed by atoms with van der Waals surface area (Å²) in [6.45, 7) is 0.746. The molecule has 1 aromatic carbocycles. The normalized spacial score (nSPS) is 10.1. The molecular formula is C13H13BrN4. The quantitative estimate of drug-likeness (QED) is 0.945. The van der Waals surface area contributed by atoms with Crippen molar-refractivity contribution >= 4 is 21.6 Å². The average molecular weight is 305 g/mol. The van der Waals surface area contributed by atoms with Crippen LogP contribution in [0.3, 0.4) is 0 Å². The molecule has 0 aliphatic carbocycles. The van der Waals surface area contributed by atoms with Crippen molar-refractivity contribution in [1.82, 2.24) is 9.55 Å². The molecule has 2 rings (SSSR count). The zero-order valence-electron chi connectivity index (χ0n) is 10.0. The van der Waals surface area contributed by atoms with E-state index in [0.29, 0.717) is 5.56 Å². The summed E-state index contributed by atoms with van der Waals surface area (Å²) >= 11 is 3.37. The number of anilines is 1. The van der Waals surface area contributed by atoms with Gasteiger partial charge in [0.1, 0.15) is 11.9 Å². The van der Waals surface area contributed by atoms with Gasteiger partial charge in [0.2, 0.25) is 0 Å². The fraction of sp³-hybridized carbons (Fsp3) is 0.231. The van der Waals surface area contributed by atoms with Crippen LogP contribution in [0, 0.1) is 11.3 Å². The van der Waals surface area contributed by atoms with Gasteiger partial charge in [0, 0.05) is 36.9 Å². The van der Waals surface area contributed by atoms with Crippen LogP contribution in [0.4, 0.5) is 5.69 Å². The molecule has 4 nitrogen and oxygen atoms in total. The van der Waals surface area contributed by atoms with E-state index in [-0.39, 0.29) is 0 Å². The Morgan fingerprint density at radius 3 is 3.00 bits per heavy atom. The number of aryl methyl sites for hydroxylation is 1. The molecule has 0 atom stereocenters. The predicted octanol–water partition coefficient (Wildman–Crippen LogP) is 2.71. The molecule has 0 saturated carbocycles. The molecule has 1 N–H and O–H groups in total. The summed E-state index contributed by atoms with van der Waals surface area (Å²) in [4.78, 5) is 4.26. The molecule has 0 amide bonds. The molecule has 0 aliphatic heterocycles. The summed E-state index contributed by atoms with van der Waals surface area (Å²) in [6.07, 6.45) is 4.53. The SMILES string of the molecule is Cn1ccnc1CCNc1cccc(Br)c1C#N. The second-order valence-electron chi connectivity index (χ2n) is 3.91. The molecule has 18 heavy (non-hydrogen) atoms. The van der Waals surface area contributed by atoms with Gasteiger partial charge in [-0.3, -0.25) is 0 Å². The molecule has 0 bridgehead atoms. The number of aromatic nitrogens is 2. The van der Waals surface area contributed by atoms with Gasteiger partial charge in [-0.1, -0.05) is 6.07 Å². The number of imidazole rings is 1. The third-order valence-electron chi connectivity index (χ3n) is 2.71. The first-order chi connectivity index (χ1) is 8.72. The smallest absolute Gasteiger partial charge is 0.110 e. The second kappa shape index (κ2) is 5.69. The van der Waals surface area contributed by atoms with Gasteiger partial charge in [0.25, 0.3) is 0 Å². The average Bonchev–Trinajstić information content (AvgIpc) is 2.75. The van der Waals surface area contributed by atoms with E-state index < -0.39 is 0 Å². The molecule has 0 radical (unpaired) electrons. The van der Waals surface area contributed by atoms with E-state index in [1.54, 1.807) is 6.20 Å². The number of hydrogen-bond acceptors (Lipinski definition) is 3. The minimum absolute atomic E-state index is 0.636. The Labute approximate surface area is 114 Å². The molecule has 0 unspecified atom stereocenters. The van der Waals surface area contributed by atoms with Crippen molar-refractivity contribution in [2.45, 2.75) is 6.42 Å². The summed E-state index contributed by atoms with van der Waals surface area (Å²) in [5, 5.41) is 12.4. The Morgan fingerprint density at radius 2 is 2.33 bits per heavy atom. The van der Waals surface area contributed by atoms with Crippen molar-refractivity contribution in [3.05, 3.63) is 46.5 Å². The fourth-order valence-electron chi connectivity index (χ4n) is 1.73. The summed E-state index contributed by atoms with van der Waals surface area (Å²) in [7, 11) is 1.97. The Hall–Kier alpha value is -1.80. The fourth-order valence-corrected chi connectivity index (χ4v) is 2.19. The largest absolute Gasteiger partial charge is 0.383 e. The highest BCUT2D eigenvalue weighted by Gasteiger charge is 2.05. The first-order valence-electron chi connectivity index (χ1n) is 5.61. The number of nitrogens with zero attached hydrogens (tertiary/aromatic N) is 3. The summed E-state index contributed by atoms with van der Waals surface area (Å²) in [5.41, 5.74) is 1.48. The molecule has 1 heterocycles. The molecule has 1 aromatic heterocycles. The van der Waals surface area contributed by atoms with Crippen LogP contribution in [0.2, 0.25) is 0 Å². The lowest BCUT2D eigenvalue weighted by Gasteiger charge is -2.09. The number of rotatable bonds is 4.